The van der Waals surface area contributed by atoms with E-state index in [0.717, 1.165) is 11.9 Å². The van der Waals surface area contributed by atoms with Gasteiger partial charge in [0.05, 0.1) is 30.3 Å². The van der Waals surface area contributed by atoms with Crippen molar-refractivity contribution in [1.29, 1.82) is 5.26 Å². The monoisotopic (exact) mass is 410 g/mol. The molecule has 10 heteroatoms. The quantitative estimate of drug-likeness (QED) is 0.789. The van der Waals surface area contributed by atoms with Crippen molar-refractivity contribution in [2.75, 3.05) is 12.9 Å². The standard InChI is InChI=1S/C18H20F2N4O3S/c1-28(25,26)23-17-6-7-18(19,20)8-14(17)12-27-16-4-2-15(3-5-16)24-11-13(9-21)10-22-24/h2-5,10-11,14,17,23H,6-8,12H2,1H3/t14-,17-/m0/s1. The summed E-state index contributed by atoms with van der Waals surface area (Å²) >= 11 is 0. The van der Waals surface area contributed by atoms with Crippen LogP contribution in [-0.4, -0.2) is 43.0 Å². The first-order valence-electron chi connectivity index (χ1n) is 8.68. The molecule has 1 N–H and O–H groups in total. The topological polar surface area (TPSA) is 97.0 Å². The normalized spacial score (nSPS) is 21.8. The molecule has 1 aromatic carbocycles. The van der Waals surface area contributed by atoms with E-state index in [2.05, 4.69) is 9.82 Å². The van der Waals surface area contributed by atoms with E-state index >= 15 is 0 Å². The molecule has 2 aromatic rings. The first kappa shape index (κ1) is 20.2. The maximum atomic E-state index is 13.8. The molecule has 0 amide bonds. The van der Waals surface area contributed by atoms with Crippen LogP contribution in [0.15, 0.2) is 36.7 Å². The fourth-order valence-electron chi connectivity index (χ4n) is 3.26. The summed E-state index contributed by atoms with van der Waals surface area (Å²) in [5.41, 5.74) is 1.15. The molecule has 28 heavy (non-hydrogen) atoms. The van der Waals surface area contributed by atoms with Gasteiger partial charge in [-0.1, -0.05) is 0 Å². The van der Waals surface area contributed by atoms with E-state index in [1.54, 1.807) is 30.5 Å². The third kappa shape index (κ3) is 5.27. The van der Waals surface area contributed by atoms with E-state index in [4.69, 9.17) is 10.00 Å². The highest BCUT2D eigenvalue weighted by atomic mass is 32.2. The lowest BCUT2D eigenvalue weighted by Gasteiger charge is -2.35. The highest BCUT2D eigenvalue weighted by Gasteiger charge is 2.42. The van der Waals surface area contributed by atoms with Crippen molar-refractivity contribution in [2.24, 2.45) is 5.92 Å². The largest absolute Gasteiger partial charge is 0.493 e. The zero-order chi connectivity index (χ0) is 20.4. The minimum atomic E-state index is -3.50. The Morgan fingerprint density at radius 1 is 1.39 bits per heavy atom. The van der Waals surface area contributed by atoms with Crippen LogP contribution in [0.4, 0.5) is 8.78 Å². The van der Waals surface area contributed by atoms with Gasteiger partial charge in [-0.2, -0.15) is 10.4 Å². The van der Waals surface area contributed by atoms with Gasteiger partial charge in [-0.05, 0) is 30.7 Å². The molecule has 0 radical (unpaired) electrons. The average molecular weight is 410 g/mol. The second-order valence-corrected chi connectivity index (χ2v) is 8.73. The van der Waals surface area contributed by atoms with E-state index < -0.39 is 34.3 Å². The molecule has 0 aliphatic heterocycles. The van der Waals surface area contributed by atoms with Gasteiger partial charge in [0, 0.05) is 31.0 Å². The molecule has 0 unspecified atom stereocenters. The highest BCUT2D eigenvalue weighted by molar-refractivity contribution is 7.88. The summed E-state index contributed by atoms with van der Waals surface area (Å²) < 4.78 is 60.2. The molecule has 1 aliphatic rings. The van der Waals surface area contributed by atoms with Crippen LogP contribution in [0.5, 0.6) is 5.75 Å². The van der Waals surface area contributed by atoms with Crippen molar-refractivity contribution >= 4 is 10.0 Å². The minimum absolute atomic E-state index is 0.0253. The molecule has 7 nitrogen and oxygen atoms in total. The zero-order valence-corrected chi connectivity index (χ0v) is 16.0. The summed E-state index contributed by atoms with van der Waals surface area (Å²) in [5, 5.41) is 12.9. The number of nitriles is 1. The van der Waals surface area contributed by atoms with Gasteiger partial charge < -0.3 is 4.74 Å². The fraction of sp³-hybridized carbons (Fsp3) is 0.444. The molecular formula is C18H20F2N4O3S. The van der Waals surface area contributed by atoms with Crippen LogP contribution in [0.25, 0.3) is 5.69 Å². The third-order valence-corrected chi connectivity index (χ3v) is 5.32. The first-order chi connectivity index (χ1) is 13.1. The third-order valence-electron chi connectivity index (χ3n) is 4.59. The van der Waals surface area contributed by atoms with Crippen LogP contribution in [-0.2, 0) is 10.0 Å². The maximum absolute atomic E-state index is 13.8. The summed E-state index contributed by atoms with van der Waals surface area (Å²) in [7, 11) is -3.50. The number of aromatic nitrogens is 2. The number of benzene rings is 1. The lowest BCUT2D eigenvalue weighted by molar-refractivity contribution is -0.0660. The van der Waals surface area contributed by atoms with E-state index in [-0.39, 0.29) is 19.4 Å². The van der Waals surface area contributed by atoms with Crippen molar-refractivity contribution in [2.45, 2.75) is 31.2 Å². The molecular weight excluding hydrogens is 390 g/mol. The van der Waals surface area contributed by atoms with Crippen LogP contribution < -0.4 is 9.46 Å². The highest BCUT2D eigenvalue weighted by Crippen LogP contribution is 2.37. The molecule has 1 saturated carbocycles. The van der Waals surface area contributed by atoms with Crippen molar-refractivity contribution < 1.29 is 21.9 Å². The van der Waals surface area contributed by atoms with Gasteiger partial charge in [0.25, 0.3) is 0 Å². The SMILES string of the molecule is CS(=O)(=O)N[C@H]1CCC(F)(F)C[C@H]1COc1ccc(-n2cc(C#N)cn2)cc1. The fourth-order valence-corrected chi connectivity index (χ4v) is 4.12. The number of alkyl halides is 2. The molecule has 1 aliphatic carbocycles. The molecule has 0 saturated heterocycles. The number of sulfonamides is 1. The Labute approximate surface area is 162 Å². The van der Waals surface area contributed by atoms with Gasteiger partial charge in [-0.15, -0.1) is 0 Å². The van der Waals surface area contributed by atoms with Gasteiger partial charge in [0.1, 0.15) is 11.8 Å². The zero-order valence-electron chi connectivity index (χ0n) is 15.2. The molecule has 1 heterocycles. The summed E-state index contributed by atoms with van der Waals surface area (Å²) in [6, 6.07) is 8.21. The van der Waals surface area contributed by atoms with Crippen molar-refractivity contribution in [1.82, 2.24) is 14.5 Å². The Morgan fingerprint density at radius 2 is 2.11 bits per heavy atom. The second kappa shape index (κ2) is 7.85. The number of halogens is 2. The lowest BCUT2D eigenvalue weighted by Crippen LogP contribution is -2.48. The molecule has 1 aromatic heterocycles. The Balaban J connectivity index is 1.66. The van der Waals surface area contributed by atoms with Crippen molar-refractivity contribution in [3.05, 3.63) is 42.2 Å². The van der Waals surface area contributed by atoms with Gasteiger partial charge in [0.15, 0.2) is 0 Å². The number of hydrogen-bond acceptors (Lipinski definition) is 5. The number of nitrogens with one attached hydrogen (secondary N) is 1. The average Bonchev–Trinajstić information content (AvgIpc) is 3.10. The van der Waals surface area contributed by atoms with E-state index in [1.807, 2.05) is 6.07 Å². The predicted molar refractivity (Wildman–Crippen MR) is 97.8 cm³/mol. The smallest absolute Gasteiger partial charge is 0.248 e. The summed E-state index contributed by atoms with van der Waals surface area (Å²) in [6.07, 6.45) is 3.34. The summed E-state index contributed by atoms with van der Waals surface area (Å²) in [4.78, 5) is 0. The summed E-state index contributed by atoms with van der Waals surface area (Å²) in [6.45, 7) is -0.0253. The van der Waals surface area contributed by atoms with Gasteiger partial charge in [-0.25, -0.2) is 26.6 Å². The second-order valence-electron chi connectivity index (χ2n) is 6.95. The van der Waals surface area contributed by atoms with Gasteiger partial charge in [0.2, 0.25) is 15.9 Å². The van der Waals surface area contributed by atoms with E-state index in [0.29, 0.717) is 11.3 Å². The molecule has 150 valence electrons. The number of nitrogens with zero attached hydrogens (tertiary/aromatic N) is 3. The number of hydrogen-bond donors (Lipinski definition) is 1. The van der Waals surface area contributed by atoms with Crippen LogP contribution in [0.1, 0.15) is 24.8 Å². The number of rotatable bonds is 6. The Bertz CT molecular complexity index is 967. The molecule has 1 fully saturated rings. The van der Waals surface area contributed by atoms with Crippen LogP contribution in [0.3, 0.4) is 0 Å². The van der Waals surface area contributed by atoms with Crippen molar-refractivity contribution in [3.63, 3.8) is 0 Å². The Hall–Kier alpha value is -2.51. The van der Waals surface area contributed by atoms with Crippen LogP contribution >= 0.6 is 0 Å². The molecule has 2 atom stereocenters. The first-order valence-corrected chi connectivity index (χ1v) is 10.6. The Kier molecular flexibility index (Phi) is 5.67. The lowest BCUT2D eigenvalue weighted by atomic mass is 9.83. The predicted octanol–water partition coefficient (Wildman–Crippen LogP) is 2.48. The minimum Gasteiger partial charge on any atom is -0.493 e. The van der Waals surface area contributed by atoms with Crippen LogP contribution in [0, 0.1) is 17.2 Å². The van der Waals surface area contributed by atoms with E-state index in [9.17, 15) is 17.2 Å². The van der Waals surface area contributed by atoms with Gasteiger partial charge >= 0.3 is 0 Å². The maximum Gasteiger partial charge on any atom is 0.248 e. The van der Waals surface area contributed by atoms with Crippen molar-refractivity contribution in [3.8, 4) is 17.5 Å². The summed E-state index contributed by atoms with van der Waals surface area (Å²) in [5.74, 6) is -2.99. The molecule has 0 bridgehead atoms. The molecule has 3 rings (SSSR count). The molecule has 0 spiro atoms. The van der Waals surface area contributed by atoms with Crippen LogP contribution in [0.2, 0.25) is 0 Å². The number of ether oxygens (including phenoxy) is 1. The van der Waals surface area contributed by atoms with Gasteiger partial charge in [-0.3, -0.25) is 0 Å². The Morgan fingerprint density at radius 3 is 2.71 bits per heavy atom. The van der Waals surface area contributed by atoms with E-state index in [1.165, 1.54) is 10.9 Å².